The van der Waals surface area contributed by atoms with Crippen LogP contribution in [-0.2, 0) is 6.42 Å². The highest BCUT2D eigenvalue weighted by Crippen LogP contribution is 2.42. The Balaban J connectivity index is 1.20. The van der Waals surface area contributed by atoms with Crippen molar-refractivity contribution in [2.45, 2.75) is 96.8 Å². The van der Waals surface area contributed by atoms with E-state index in [1.165, 1.54) is 82.6 Å². The summed E-state index contributed by atoms with van der Waals surface area (Å²) in [5, 5.41) is 0. The molecule has 0 nitrogen and oxygen atoms in total. The predicted octanol–water partition coefficient (Wildman–Crippen LogP) is 8.32. The zero-order chi connectivity index (χ0) is 19.3. The molecule has 28 heavy (non-hydrogen) atoms. The van der Waals surface area contributed by atoms with Crippen LogP contribution in [0.3, 0.4) is 0 Å². The van der Waals surface area contributed by atoms with Crippen LogP contribution in [0.15, 0.2) is 36.4 Å². The molecule has 4 rings (SSSR count). The quantitative estimate of drug-likeness (QED) is 0.452. The number of rotatable bonds is 5. The maximum atomic E-state index is 2.45. The molecule has 0 aromatic heterocycles. The molecule has 2 saturated carbocycles. The van der Waals surface area contributed by atoms with E-state index in [9.17, 15) is 0 Å². The molecule has 0 bridgehead atoms. The molecule has 2 fully saturated rings. The molecule has 1 aromatic rings. The summed E-state index contributed by atoms with van der Waals surface area (Å²) in [4.78, 5) is 0. The van der Waals surface area contributed by atoms with Gasteiger partial charge in [0.05, 0.1) is 0 Å². The molecule has 0 heterocycles. The van der Waals surface area contributed by atoms with E-state index < -0.39 is 0 Å². The third-order valence-electron chi connectivity index (χ3n) is 8.47. The van der Waals surface area contributed by atoms with Crippen LogP contribution in [0.25, 0.3) is 0 Å². The molecule has 0 aliphatic heterocycles. The van der Waals surface area contributed by atoms with Gasteiger partial charge in [-0.1, -0.05) is 75.9 Å². The minimum Gasteiger partial charge on any atom is -0.0851 e. The molecule has 0 saturated heterocycles. The van der Waals surface area contributed by atoms with Gasteiger partial charge in [0, 0.05) is 5.92 Å². The summed E-state index contributed by atoms with van der Waals surface area (Å²) in [6.45, 7) is 4.78. The minimum atomic E-state index is 0.656. The summed E-state index contributed by atoms with van der Waals surface area (Å²) in [6, 6.07) is 9.63. The van der Waals surface area contributed by atoms with Crippen molar-refractivity contribution in [3.63, 3.8) is 0 Å². The number of allylic oxidation sites excluding steroid dienone is 2. The lowest BCUT2D eigenvalue weighted by atomic mass is 9.69. The standard InChI is InChI=1S/C28H42/c1-21-3-13-25(14-4-21)27-17-9-23(10-18-27)7-8-24-11-19-28(20-12-24)26-15-5-22(2)6-16-26/h3,9-10,13,17-18,21-22,24-26,28H,4-8,11-12,14-16,19-20H2,1-2H3. The van der Waals surface area contributed by atoms with Crippen molar-refractivity contribution in [2.75, 3.05) is 0 Å². The van der Waals surface area contributed by atoms with Crippen molar-refractivity contribution >= 4 is 0 Å². The van der Waals surface area contributed by atoms with Gasteiger partial charge in [-0.15, -0.1) is 0 Å². The molecule has 0 N–H and O–H groups in total. The Labute approximate surface area is 174 Å². The number of hydrogen-bond donors (Lipinski definition) is 0. The van der Waals surface area contributed by atoms with Gasteiger partial charge in [0.25, 0.3) is 0 Å². The van der Waals surface area contributed by atoms with E-state index in [0.29, 0.717) is 5.92 Å². The normalized spacial score (nSPS) is 36.4. The lowest BCUT2D eigenvalue weighted by Crippen LogP contribution is -2.25. The Kier molecular flexibility index (Phi) is 6.97. The van der Waals surface area contributed by atoms with E-state index in [4.69, 9.17) is 0 Å². The van der Waals surface area contributed by atoms with Crippen LogP contribution in [0, 0.1) is 29.6 Å². The fourth-order valence-electron chi connectivity index (χ4n) is 6.24. The zero-order valence-electron chi connectivity index (χ0n) is 18.4. The lowest BCUT2D eigenvalue weighted by molar-refractivity contribution is 0.148. The van der Waals surface area contributed by atoms with Crippen LogP contribution in [0.2, 0.25) is 0 Å². The van der Waals surface area contributed by atoms with Gasteiger partial charge in [-0.2, -0.15) is 0 Å². The van der Waals surface area contributed by atoms with E-state index >= 15 is 0 Å². The van der Waals surface area contributed by atoms with Crippen LogP contribution in [-0.4, -0.2) is 0 Å². The van der Waals surface area contributed by atoms with Crippen LogP contribution in [0.1, 0.15) is 102 Å². The second-order valence-electron chi connectivity index (χ2n) is 10.6. The Bertz CT molecular complexity index is 608. The van der Waals surface area contributed by atoms with E-state index in [-0.39, 0.29) is 0 Å². The van der Waals surface area contributed by atoms with Crippen LogP contribution in [0.5, 0.6) is 0 Å². The Hall–Kier alpha value is -1.04. The molecule has 3 aliphatic carbocycles. The van der Waals surface area contributed by atoms with E-state index in [2.05, 4.69) is 50.3 Å². The maximum absolute atomic E-state index is 2.45. The van der Waals surface area contributed by atoms with Crippen molar-refractivity contribution in [3.05, 3.63) is 47.5 Å². The summed E-state index contributed by atoms with van der Waals surface area (Å²) in [6.07, 6.45) is 22.3. The Morgan fingerprint density at radius 1 is 0.679 bits per heavy atom. The number of hydrogen-bond acceptors (Lipinski definition) is 0. The fraction of sp³-hybridized carbons (Fsp3) is 0.714. The van der Waals surface area contributed by atoms with Crippen molar-refractivity contribution in [2.24, 2.45) is 29.6 Å². The highest BCUT2D eigenvalue weighted by atomic mass is 14.3. The highest BCUT2D eigenvalue weighted by molar-refractivity contribution is 5.29. The molecule has 2 unspecified atom stereocenters. The van der Waals surface area contributed by atoms with Crippen LogP contribution < -0.4 is 0 Å². The monoisotopic (exact) mass is 378 g/mol. The second kappa shape index (κ2) is 9.64. The van der Waals surface area contributed by atoms with Gasteiger partial charge in [0.15, 0.2) is 0 Å². The Morgan fingerprint density at radius 2 is 1.32 bits per heavy atom. The van der Waals surface area contributed by atoms with Gasteiger partial charge in [-0.3, -0.25) is 0 Å². The number of benzene rings is 1. The predicted molar refractivity (Wildman–Crippen MR) is 122 cm³/mol. The zero-order valence-corrected chi connectivity index (χ0v) is 18.4. The summed E-state index contributed by atoms with van der Waals surface area (Å²) in [5.41, 5.74) is 3.08. The van der Waals surface area contributed by atoms with Gasteiger partial charge in [-0.05, 0) is 92.1 Å². The van der Waals surface area contributed by atoms with Crippen molar-refractivity contribution in [1.29, 1.82) is 0 Å². The minimum absolute atomic E-state index is 0.656. The topological polar surface area (TPSA) is 0 Å². The third kappa shape index (κ3) is 5.31. The second-order valence-corrected chi connectivity index (χ2v) is 10.6. The molecule has 0 radical (unpaired) electrons. The summed E-state index contributed by atoms with van der Waals surface area (Å²) >= 11 is 0. The van der Waals surface area contributed by atoms with Crippen molar-refractivity contribution in [1.82, 2.24) is 0 Å². The maximum Gasteiger partial charge on any atom is 0.00182 e. The van der Waals surface area contributed by atoms with Gasteiger partial charge in [0.2, 0.25) is 0 Å². The lowest BCUT2D eigenvalue weighted by Gasteiger charge is -2.37. The Morgan fingerprint density at radius 3 is 1.93 bits per heavy atom. The average molecular weight is 379 g/mol. The highest BCUT2D eigenvalue weighted by Gasteiger charge is 2.29. The molecule has 0 spiro atoms. The summed E-state index contributed by atoms with van der Waals surface area (Å²) in [5.74, 6) is 5.55. The van der Waals surface area contributed by atoms with E-state index in [1.54, 1.807) is 5.56 Å². The summed E-state index contributed by atoms with van der Waals surface area (Å²) in [7, 11) is 0. The van der Waals surface area contributed by atoms with Crippen molar-refractivity contribution < 1.29 is 0 Å². The number of aryl methyl sites for hydroxylation is 1. The first kappa shape index (κ1) is 20.2. The van der Waals surface area contributed by atoms with Gasteiger partial charge in [0.1, 0.15) is 0 Å². The molecule has 0 amide bonds. The van der Waals surface area contributed by atoms with Gasteiger partial charge < -0.3 is 0 Å². The van der Waals surface area contributed by atoms with E-state index in [1.807, 2.05) is 0 Å². The molecular weight excluding hydrogens is 336 g/mol. The smallest absolute Gasteiger partial charge is 0.00182 e. The third-order valence-corrected chi connectivity index (χ3v) is 8.47. The summed E-state index contributed by atoms with van der Waals surface area (Å²) < 4.78 is 0. The molecular formula is C28H42. The van der Waals surface area contributed by atoms with Gasteiger partial charge >= 0.3 is 0 Å². The molecule has 0 heteroatoms. The average Bonchev–Trinajstić information content (AvgIpc) is 2.74. The molecule has 1 aromatic carbocycles. The van der Waals surface area contributed by atoms with E-state index in [0.717, 1.165) is 29.6 Å². The largest absolute Gasteiger partial charge is 0.0851 e. The van der Waals surface area contributed by atoms with Crippen molar-refractivity contribution in [3.8, 4) is 0 Å². The van der Waals surface area contributed by atoms with Crippen LogP contribution >= 0.6 is 0 Å². The molecule has 2 atom stereocenters. The van der Waals surface area contributed by atoms with Crippen LogP contribution in [0.4, 0.5) is 0 Å². The first-order valence-electron chi connectivity index (χ1n) is 12.4. The SMILES string of the molecule is CC1C=CC(c2ccc(CCC3CCC(C4CCC(C)CC4)CC3)cc2)CC1. The van der Waals surface area contributed by atoms with Gasteiger partial charge in [-0.25, -0.2) is 0 Å². The fourth-order valence-corrected chi connectivity index (χ4v) is 6.24. The first-order valence-corrected chi connectivity index (χ1v) is 12.4. The molecule has 3 aliphatic rings. The molecule has 154 valence electrons. The first-order chi connectivity index (χ1) is 13.7.